The van der Waals surface area contributed by atoms with Gasteiger partial charge < -0.3 is 10.3 Å². The van der Waals surface area contributed by atoms with Gasteiger partial charge in [0.15, 0.2) is 0 Å². The average molecular weight is 384 g/mol. The van der Waals surface area contributed by atoms with E-state index >= 15 is 0 Å². The Labute approximate surface area is 172 Å². The van der Waals surface area contributed by atoms with Crippen molar-refractivity contribution >= 4 is 18.5 Å². The van der Waals surface area contributed by atoms with Crippen LogP contribution >= 0.6 is 0 Å². The van der Waals surface area contributed by atoms with Crippen LogP contribution in [-0.4, -0.2) is 10.3 Å². The third-order valence-corrected chi connectivity index (χ3v) is 6.06. The van der Waals surface area contributed by atoms with Gasteiger partial charge in [-0.15, -0.1) is 0 Å². The molecule has 0 spiro atoms. The number of rotatable bonds is 5. The lowest BCUT2D eigenvalue weighted by Crippen LogP contribution is -2.43. The minimum atomic E-state index is -0.146. The first-order chi connectivity index (χ1) is 14.0. The van der Waals surface area contributed by atoms with E-state index in [1.54, 1.807) is 0 Å². The number of nitrogens with zero attached hydrogens (tertiary/aromatic N) is 2. The van der Waals surface area contributed by atoms with Gasteiger partial charge in [0.05, 0.1) is 17.2 Å². The SMILES string of the molecule is C=c1cc(-c2ccccc2)n(-c2ccc(C3(N)CCC3)cc2)/c1=C/N=C(C)CC. The van der Waals surface area contributed by atoms with Gasteiger partial charge >= 0.3 is 0 Å². The Kier molecular flexibility index (Phi) is 5.25. The predicted molar refractivity (Wildman–Crippen MR) is 124 cm³/mol. The normalized spacial score (nSPS) is 16.7. The molecule has 0 bridgehead atoms. The minimum Gasteiger partial charge on any atom is -0.321 e. The first-order valence-electron chi connectivity index (χ1n) is 10.4. The molecule has 1 aliphatic carbocycles. The van der Waals surface area contributed by atoms with Crippen LogP contribution in [0.2, 0.25) is 0 Å². The summed E-state index contributed by atoms with van der Waals surface area (Å²) in [5, 5.41) is 1.98. The van der Waals surface area contributed by atoms with E-state index in [1.807, 2.05) is 12.3 Å². The maximum absolute atomic E-state index is 6.52. The molecule has 0 saturated heterocycles. The van der Waals surface area contributed by atoms with Crippen molar-refractivity contribution in [3.05, 3.63) is 76.8 Å². The van der Waals surface area contributed by atoms with E-state index in [0.29, 0.717) is 0 Å². The highest BCUT2D eigenvalue weighted by atomic mass is 15.0. The first kappa shape index (κ1) is 19.4. The molecule has 148 valence electrons. The quantitative estimate of drug-likeness (QED) is 0.648. The molecule has 3 aromatic rings. The van der Waals surface area contributed by atoms with E-state index in [2.05, 4.69) is 84.6 Å². The topological polar surface area (TPSA) is 43.3 Å². The van der Waals surface area contributed by atoms with E-state index in [1.165, 1.54) is 12.0 Å². The average Bonchev–Trinajstić information content (AvgIpc) is 3.07. The monoisotopic (exact) mass is 383 g/mol. The van der Waals surface area contributed by atoms with Gasteiger partial charge in [0.25, 0.3) is 0 Å². The van der Waals surface area contributed by atoms with Gasteiger partial charge in [0, 0.05) is 16.9 Å². The van der Waals surface area contributed by atoms with Crippen molar-refractivity contribution in [1.29, 1.82) is 0 Å². The van der Waals surface area contributed by atoms with Crippen LogP contribution in [-0.2, 0) is 5.54 Å². The van der Waals surface area contributed by atoms with Gasteiger partial charge in [0.2, 0.25) is 0 Å². The summed E-state index contributed by atoms with van der Waals surface area (Å²) < 4.78 is 2.25. The molecule has 1 fully saturated rings. The summed E-state index contributed by atoms with van der Waals surface area (Å²) in [5.41, 5.74) is 12.1. The lowest BCUT2D eigenvalue weighted by atomic mass is 9.73. The van der Waals surface area contributed by atoms with Crippen LogP contribution in [0.5, 0.6) is 0 Å². The predicted octanol–water partition coefficient (Wildman–Crippen LogP) is 4.50. The fraction of sp³-hybridized carbons (Fsp3) is 0.269. The Morgan fingerprint density at radius 1 is 1.14 bits per heavy atom. The van der Waals surface area contributed by atoms with E-state index < -0.39 is 0 Å². The first-order valence-corrected chi connectivity index (χ1v) is 10.4. The van der Waals surface area contributed by atoms with Crippen LogP contribution in [0.4, 0.5) is 0 Å². The third-order valence-electron chi connectivity index (χ3n) is 6.06. The van der Waals surface area contributed by atoms with Crippen LogP contribution in [0.1, 0.15) is 45.1 Å². The molecule has 0 amide bonds. The lowest BCUT2D eigenvalue weighted by Gasteiger charge is -2.38. The fourth-order valence-corrected chi connectivity index (χ4v) is 3.87. The van der Waals surface area contributed by atoms with Crippen LogP contribution in [0.25, 0.3) is 29.7 Å². The second kappa shape index (κ2) is 7.84. The molecule has 2 aromatic carbocycles. The number of hydrogen-bond acceptors (Lipinski definition) is 2. The van der Waals surface area contributed by atoms with Crippen LogP contribution in [0, 0.1) is 0 Å². The molecule has 0 unspecified atom stereocenters. The van der Waals surface area contributed by atoms with E-state index in [-0.39, 0.29) is 5.54 Å². The second-order valence-electron chi connectivity index (χ2n) is 8.05. The van der Waals surface area contributed by atoms with Crippen molar-refractivity contribution in [3.63, 3.8) is 0 Å². The molecule has 1 heterocycles. The maximum atomic E-state index is 6.52. The Morgan fingerprint density at radius 2 is 1.83 bits per heavy atom. The molecule has 3 nitrogen and oxygen atoms in total. The summed E-state index contributed by atoms with van der Waals surface area (Å²) in [6.45, 7) is 8.47. The van der Waals surface area contributed by atoms with Crippen molar-refractivity contribution < 1.29 is 0 Å². The molecule has 0 atom stereocenters. The maximum Gasteiger partial charge on any atom is 0.0711 e. The van der Waals surface area contributed by atoms with Crippen molar-refractivity contribution in [1.82, 2.24) is 4.57 Å². The molecule has 4 rings (SSSR count). The summed E-state index contributed by atoms with van der Waals surface area (Å²) in [6, 6.07) is 21.3. The molecular weight excluding hydrogens is 354 g/mol. The van der Waals surface area contributed by atoms with Crippen LogP contribution in [0.3, 0.4) is 0 Å². The molecule has 0 radical (unpaired) electrons. The van der Waals surface area contributed by atoms with Gasteiger partial charge in [-0.25, -0.2) is 0 Å². The van der Waals surface area contributed by atoms with Crippen molar-refractivity contribution in [3.8, 4) is 16.9 Å². The second-order valence-corrected chi connectivity index (χ2v) is 8.05. The number of hydrogen-bond donors (Lipinski definition) is 1. The number of nitrogens with two attached hydrogens (primary N) is 1. The van der Waals surface area contributed by atoms with E-state index in [9.17, 15) is 0 Å². The zero-order valence-electron chi connectivity index (χ0n) is 17.4. The van der Waals surface area contributed by atoms with Crippen molar-refractivity contribution in [2.75, 3.05) is 0 Å². The molecule has 0 aliphatic heterocycles. The Balaban J connectivity index is 1.89. The Bertz CT molecular complexity index is 1130. The fourth-order valence-electron chi connectivity index (χ4n) is 3.87. The Morgan fingerprint density at radius 3 is 2.41 bits per heavy atom. The highest BCUT2D eigenvalue weighted by Crippen LogP contribution is 2.38. The summed E-state index contributed by atoms with van der Waals surface area (Å²) in [5.74, 6) is 0. The smallest absolute Gasteiger partial charge is 0.0711 e. The summed E-state index contributed by atoms with van der Waals surface area (Å²) >= 11 is 0. The standard InChI is InChI=1S/C26H29N3/c1-4-20(3)28-18-25-19(2)17-24(21-9-6-5-7-10-21)29(25)23-13-11-22(12-14-23)26(27)15-8-16-26/h5-7,9-14,17-18H,2,4,8,15-16,27H2,1,3H3/b25-18+,28-20?. The summed E-state index contributed by atoms with van der Waals surface area (Å²) in [4.78, 5) is 4.66. The minimum absolute atomic E-state index is 0.146. The number of aliphatic imine (C=N–C) groups is 1. The molecule has 1 saturated carbocycles. The van der Waals surface area contributed by atoms with Crippen molar-refractivity contribution in [2.45, 2.75) is 45.1 Å². The Hall–Kier alpha value is -2.91. The molecule has 3 heteroatoms. The van der Waals surface area contributed by atoms with Gasteiger partial charge in [0.1, 0.15) is 0 Å². The lowest BCUT2D eigenvalue weighted by molar-refractivity contribution is 0.253. The zero-order valence-corrected chi connectivity index (χ0v) is 17.4. The molecule has 29 heavy (non-hydrogen) atoms. The van der Waals surface area contributed by atoms with E-state index in [4.69, 9.17) is 5.73 Å². The van der Waals surface area contributed by atoms with Gasteiger partial charge in [-0.05, 0) is 67.2 Å². The van der Waals surface area contributed by atoms with Crippen LogP contribution in [0.15, 0.2) is 65.7 Å². The molecule has 2 N–H and O–H groups in total. The summed E-state index contributed by atoms with van der Waals surface area (Å²) in [6.07, 6.45) is 6.23. The summed E-state index contributed by atoms with van der Waals surface area (Å²) in [7, 11) is 0. The molecule has 1 aliphatic rings. The van der Waals surface area contributed by atoms with Gasteiger partial charge in [-0.1, -0.05) is 56.0 Å². The number of aromatic nitrogens is 1. The third kappa shape index (κ3) is 3.70. The number of benzene rings is 2. The zero-order chi connectivity index (χ0) is 20.4. The van der Waals surface area contributed by atoms with Gasteiger partial charge in [-0.3, -0.25) is 4.99 Å². The highest BCUT2D eigenvalue weighted by Gasteiger charge is 2.34. The molecular formula is C26H29N3. The highest BCUT2D eigenvalue weighted by molar-refractivity contribution is 5.83. The van der Waals surface area contributed by atoms with Gasteiger partial charge in [-0.2, -0.15) is 0 Å². The largest absolute Gasteiger partial charge is 0.321 e. The van der Waals surface area contributed by atoms with E-state index in [0.717, 1.165) is 52.5 Å². The van der Waals surface area contributed by atoms with Crippen LogP contribution < -0.4 is 16.3 Å². The van der Waals surface area contributed by atoms with Crippen molar-refractivity contribution in [2.24, 2.45) is 10.7 Å². The molecule has 1 aromatic heterocycles.